The van der Waals surface area contributed by atoms with Crippen LogP contribution in [0.15, 0.2) is 60.7 Å². The minimum Gasteiger partial charge on any atom is -0.469 e. The van der Waals surface area contributed by atoms with Crippen molar-refractivity contribution in [3.05, 3.63) is 71.8 Å². The van der Waals surface area contributed by atoms with Crippen LogP contribution in [0.3, 0.4) is 0 Å². The molecule has 2 bridgehead atoms. The highest BCUT2D eigenvalue weighted by atomic mass is 16.8. The quantitative estimate of drug-likeness (QED) is 0.339. The second-order valence-corrected chi connectivity index (χ2v) is 8.81. The van der Waals surface area contributed by atoms with E-state index in [-0.39, 0.29) is 30.7 Å². The summed E-state index contributed by atoms with van der Waals surface area (Å²) in [4.78, 5) is 12.0. The van der Waals surface area contributed by atoms with E-state index in [1.54, 1.807) is 0 Å². The maximum absolute atomic E-state index is 12.0. The molecule has 6 nitrogen and oxygen atoms in total. The van der Waals surface area contributed by atoms with Gasteiger partial charge in [-0.1, -0.05) is 60.7 Å². The van der Waals surface area contributed by atoms with E-state index in [4.69, 9.17) is 23.7 Å². The number of carbonyl (C=O) groups is 1. The highest BCUT2D eigenvalue weighted by Crippen LogP contribution is 2.45. The van der Waals surface area contributed by atoms with Gasteiger partial charge in [0.05, 0.1) is 39.0 Å². The molecule has 2 saturated heterocycles. The molecule has 4 rings (SSSR count). The van der Waals surface area contributed by atoms with Gasteiger partial charge in [0.25, 0.3) is 0 Å². The Morgan fingerprint density at radius 2 is 1.67 bits per heavy atom. The van der Waals surface area contributed by atoms with Crippen LogP contribution in [0.5, 0.6) is 0 Å². The van der Waals surface area contributed by atoms with Gasteiger partial charge in [0.15, 0.2) is 5.79 Å². The van der Waals surface area contributed by atoms with Crippen molar-refractivity contribution in [2.45, 2.75) is 75.8 Å². The van der Waals surface area contributed by atoms with Crippen molar-refractivity contribution in [1.82, 2.24) is 0 Å². The molecule has 178 valence electrons. The molecule has 4 atom stereocenters. The molecule has 2 fully saturated rings. The van der Waals surface area contributed by atoms with Crippen LogP contribution in [0.2, 0.25) is 0 Å². The van der Waals surface area contributed by atoms with Crippen molar-refractivity contribution in [2.75, 3.05) is 13.7 Å². The summed E-state index contributed by atoms with van der Waals surface area (Å²) in [6.45, 7) is 1.87. The Kier molecular flexibility index (Phi) is 8.51. The molecule has 0 amide bonds. The summed E-state index contributed by atoms with van der Waals surface area (Å²) in [5.41, 5.74) is 2.32. The molecule has 6 heteroatoms. The van der Waals surface area contributed by atoms with Gasteiger partial charge in [-0.25, -0.2) is 0 Å². The first kappa shape index (κ1) is 23.9. The van der Waals surface area contributed by atoms with E-state index in [2.05, 4.69) is 24.3 Å². The van der Waals surface area contributed by atoms with E-state index in [1.807, 2.05) is 36.4 Å². The van der Waals surface area contributed by atoms with Crippen LogP contribution in [0.4, 0.5) is 0 Å². The third-order valence-electron chi connectivity index (χ3n) is 6.35. The molecule has 2 aliphatic rings. The van der Waals surface area contributed by atoms with Crippen molar-refractivity contribution >= 4 is 5.97 Å². The van der Waals surface area contributed by atoms with Crippen LogP contribution in [0.25, 0.3) is 0 Å². The van der Waals surface area contributed by atoms with Gasteiger partial charge in [0, 0.05) is 13.0 Å². The summed E-state index contributed by atoms with van der Waals surface area (Å²) in [5, 5.41) is 0. The summed E-state index contributed by atoms with van der Waals surface area (Å²) in [6, 6.07) is 20.3. The first-order valence-electron chi connectivity index (χ1n) is 11.9. The molecule has 0 N–H and O–H groups in total. The molecule has 2 heterocycles. The molecule has 0 saturated carbocycles. The fourth-order valence-electron chi connectivity index (χ4n) is 4.61. The SMILES string of the molecule is COC(=O)C[C@]12CC[C@@H](OCc3ccccc3)[C@@H](O1)[C@@H](CCCCOCc1ccccc1)O2. The molecule has 0 aromatic heterocycles. The van der Waals surface area contributed by atoms with E-state index in [1.165, 1.54) is 12.7 Å². The summed E-state index contributed by atoms with van der Waals surface area (Å²) in [6.07, 6.45) is 3.93. The number of carbonyl (C=O) groups excluding carboxylic acids is 1. The van der Waals surface area contributed by atoms with Gasteiger partial charge in [0.1, 0.15) is 6.10 Å². The summed E-state index contributed by atoms with van der Waals surface area (Å²) < 4.78 is 29.6. The first-order valence-corrected chi connectivity index (χ1v) is 11.9. The van der Waals surface area contributed by atoms with Gasteiger partial charge in [-0.3, -0.25) is 4.79 Å². The number of fused-ring (bicyclic) bond motifs is 2. The summed E-state index contributed by atoms with van der Waals surface area (Å²) in [5.74, 6) is -1.20. The predicted molar refractivity (Wildman–Crippen MR) is 123 cm³/mol. The normalized spacial score (nSPS) is 26.3. The Morgan fingerprint density at radius 1 is 0.970 bits per heavy atom. The zero-order valence-corrected chi connectivity index (χ0v) is 19.3. The number of esters is 1. The maximum Gasteiger partial charge on any atom is 0.310 e. The van der Waals surface area contributed by atoms with Gasteiger partial charge in [-0.2, -0.15) is 0 Å². The third-order valence-corrected chi connectivity index (χ3v) is 6.35. The van der Waals surface area contributed by atoms with Crippen LogP contribution in [-0.4, -0.2) is 43.8 Å². The molecule has 0 unspecified atom stereocenters. The highest BCUT2D eigenvalue weighted by Gasteiger charge is 2.55. The average molecular weight is 455 g/mol. The number of unbranched alkanes of at least 4 members (excludes halogenated alkanes) is 1. The Balaban J connectivity index is 1.28. The van der Waals surface area contributed by atoms with Gasteiger partial charge in [0.2, 0.25) is 0 Å². The number of hydrogen-bond acceptors (Lipinski definition) is 6. The second kappa shape index (κ2) is 11.7. The van der Waals surface area contributed by atoms with Crippen LogP contribution < -0.4 is 0 Å². The van der Waals surface area contributed by atoms with Crippen LogP contribution in [-0.2, 0) is 41.7 Å². The molecule has 0 spiro atoms. The predicted octanol–water partition coefficient (Wildman–Crippen LogP) is 4.80. The number of rotatable bonds is 12. The van der Waals surface area contributed by atoms with E-state index in [0.29, 0.717) is 26.2 Å². The van der Waals surface area contributed by atoms with E-state index < -0.39 is 5.79 Å². The lowest BCUT2D eigenvalue weighted by molar-refractivity contribution is -0.224. The zero-order chi connectivity index (χ0) is 22.9. The Bertz CT molecular complexity index is 857. The summed E-state index contributed by atoms with van der Waals surface area (Å²) in [7, 11) is 1.40. The van der Waals surface area contributed by atoms with Crippen molar-refractivity contribution < 1.29 is 28.5 Å². The largest absolute Gasteiger partial charge is 0.469 e. The molecule has 0 radical (unpaired) electrons. The van der Waals surface area contributed by atoms with Crippen molar-refractivity contribution in [2.24, 2.45) is 0 Å². The number of methoxy groups -OCH3 is 1. The standard InChI is InChI=1S/C27H34O6/c1-29-25(28)18-27-16-15-23(31-20-22-12-6-3-7-13-22)26(33-27)24(32-27)14-8-9-17-30-19-21-10-4-2-5-11-21/h2-7,10-13,23-24,26H,8-9,14-20H2,1H3/t23-,24-,26-,27+/m1/s1. The molecule has 2 aromatic carbocycles. The van der Waals surface area contributed by atoms with E-state index >= 15 is 0 Å². The van der Waals surface area contributed by atoms with Crippen LogP contribution in [0.1, 0.15) is 49.7 Å². The number of benzene rings is 2. The second-order valence-electron chi connectivity index (χ2n) is 8.81. The zero-order valence-electron chi connectivity index (χ0n) is 19.3. The monoisotopic (exact) mass is 454 g/mol. The van der Waals surface area contributed by atoms with Gasteiger partial charge in [-0.05, 0) is 36.8 Å². The van der Waals surface area contributed by atoms with E-state index in [0.717, 1.165) is 31.2 Å². The lowest BCUT2D eigenvalue weighted by atomic mass is 9.95. The topological polar surface area (TPSA) is 63.2 Å². The van der Waals surface area contributed by atoms with E-state index in [9.17, 15) is 4.79 Å². The minimum atomic E-state index is -0.890. The first-order chi connectivity index (χ1) is 16.2. The number of ether oxygens (including phenoxy) is 5. The van der Waals surface area contributed by atoms with Crippen LogP contribution >= 0.6 is 0 Å². The van der Waals surface area contributed by atoms with Crippen molar-refractivity contribution in [3.8, 4) is 0 Å². The molecule has 33 heavy (non-hydrogen) atoms. The molecule has 2 aromatic rings. The van der Waals surface area contributed by atoms with Crippen molar-refractivity contribution in [3.63, 3.8) is 0 Å². The molecular formula is C27H34O6. The van der Waals surface area contributed by atoms with Gasteiger partial charge >= 0.3 is 5.97 Å². The Hall–Kier alpha value is -2.25. The van der Waals surface area contributed by atoms with Crippen molar-refractivity contribution in [1.29, 1.82) is 0 Å². The smallest absolute Gasteiger partial charge is 0.310 e. The summed E-state index contributed by atoms with van der Waals surface area (Å²) >= 11 is 0. The molecule has 0 aliphatic carbocycles. The fraction of sp³-hybridized carbons (Fsp3) is 0.519. The average Bonchev–Trinajstić information content (AvgIpc) is 3.14. The minimum absolute atomic E-state index is 0.0576. The Morgan fingerprint density at radius 3 is 2.36 bits per heavy atom. The fourth-order valence-corrected chi connectivity index (χ4v) is 4.61. The van der Waals surface area contributed by atoms with Gasteiger partial charge < -0.3 is 23.7 Å². The van der Waals surface area contributed by atoms with Crippen LogP contribution in [0, 0.1) is 0 Å². The third kappa shape index (κ3) is 6.64. The van der Waals surface area contributed by atoms with Gasteiger partial charge in [-0.15, -0.1) is 0 Å². The number of hydrogen-bond donors (Lipinski definition) is 0. The lowest BCUT2D eigenvalue weighted by Crippen LogP contribution is -2.44. The Labute approximate surface area is 196 Å². The molecular weight excluding hydrogens is 420 g/mol. The maximum atomic E-state index is 12.0. The lowest BCUT2D eigenvalue weighted by Gasteiger charge is -2.35. The highest BCUT2D eigenvalue weighted by molar-refractivity contribution is 5.70. The molecule has 2 aliphatic heterocycles.